The molecule has 29 heavy (non-hydrogen) atoms. The van der Waals surface area contributed by atoms with Crippen LogP contribution < -0.4 is 14.8 Å². The molecule has 2 aromatic rings. The Morgan fingerprint density at radius 1 is 1.10 bits per heavy atom. The van der Waals surface area contributed by atoms with Crippen molar-refractivity contribution in [3.05, 3.63) is 47.0 Å². The fraction of sp³-hybridized carbons (Fsp3) is 0.278. The predicted octanol–water partition coefficient (Wildman–Crippen LogP) is 4.91. The minimum atomic E-state index is -4.67. The summed E-state index contributed by atoms with van der Waals surface area (Å²) >= 11 is 5.85. The van der Waals surface area contributed by atoms with E-state index in [1.165, 1.54) is 12.1 Å². The van der Waals surface area contributed by atoms with Crippen LogP contribution in [0.1, 0.15) is 25.8 Å². The van der Waals surface area contributed by atoms with Gasteiger partial charge in [-0.25, -0.2) is 8.42 Å². The number of ether oxygens (including phenoxy) is 1. The van der Waals surface area contributed by atoms with E-state index in [-0.39, 0.29) is 40.3 Å². The highest BCUT2D eigenvalue weighted by Crippen LogP contribution is 2.35. The largest absolute Gasteiger partial charge is 0.492 e. The summed E-state index contributed by atoms with van der Waals surface area (Å²) in [5, 5.41) is 2.33. The number of carbonyl (C=O) groups excluding carboxylic acids is 1. The van der Waals surface area contributed by atoms with Crippen molar-refractivity contribution in [3.8, 4) is 5.75 Å². The lowest BCUT2D eigenvalue weighted by molar-refractivity contribution is -0.137. The van der Waals surface area contributed by atoms with Crippen molar-refractivity contribution in [2.24, 2.45) is 0 Å². The second kappa shape index (κ2) is 8.91. The van der Waals surface area contributed by atoms with Gasteiger partial charge in [0.05, 0.1) is 33.5 Å². The molecule has 0 bridgehead atoms. The Bertz CT molecular complexity index is 1010. The number of halogens is 4. The normalized spacial score (nSPS) is 11.8. The molecule has 0 saturated heterocycles. The van der Waals surface area contributed by atoms with Gasteiger partial charge in [0.1, 0.15) is 5.75 Å². The molecule has 2 aromatic carbocycles. The first kappa shape index (κ1) is 22.8. The molecule has 2 rings (SSSR count). The van der Waals surface area contributed by atoms with Crippen LogP contribution >= 0.6 is 11.6 Å². The van der Waals surface area contributed by atoms with Gasteiger partial charge in [-0.2, -0.15) is 13.2 Å². The molecule has 0 unspecified atom stereocenters. The van der Waals surface area contributed by atoms with Gasteiger partial charge >= 0.3 is 6.18 Å². The number of benzene rings is 2. The summed E-state index contributed by atoms with van der Waals surface area (Å²) in [4.78, 5) is 11.4. The molecule has 0 spiro atoms. The molecule has 0 aliphatic rings. The number of alkyl halides is 3. The Morgan fingerprint density at radius 3 is 2.38 bits per heavy atom. The molecule has 0 aliphatic carbocycles. The highest BCUT2D eigenvalue weighted by molar-refractivity contribution is 7.92. The zero-order chi connectivity index (χ0) is 21.8. The first-order chi connectivity index (χ1) is 13.5. The summed E-state index contributed by atoms with van der Waals surface area (Å²) in [7, 11) is -4.30. The van der Waals surface area contributed by atoms with Crippen molar-refractivity contribution in [2.75, 3.05) is 16.6 Å². The lowest BCUT2D eigenvalue weighted by Gasteiger charge is -2.15. The maximum atomic E-state index is 12.9. The summed E-state index contributed by atoms with van der Waals surface area (Å²) < 4.78 is 71.5. The van der Waals surface area contributed by atoms with Gasteiger partial charge in [0, 0.05) is 6.42 Å². The van der Waals surface area contributed by atoms with Crippen LogP contribution in [0.3, 0.4) is 0 Å². The maximum absolute atomic E-state index is 12.9. The number of amides is 1. The SMILES string of the molecule is CCOc1ccc(S(=O)(=O)Nc2cc(C(F)(F)F)ccc2Cl)cc1NC(=O)CC. The molecule has 2 N–H and O–H groups in total. The fourth-order valence-corrected chi connectivity index (χ4v) is 3.59. The Balaban J connectivity index is 2.43. The van der Waals surface area contributed by atoms with Gasteiger partial charge < -0.3 is 10.1 Å². The average Bonchev–Trinajstić information content (AvgIpc) is 2.63. The van der Waals surface area contributed by atoms with E-state index in [2.05, 4.69) is 5.32 Å². The minimum Gasteiger partial charge on any atom is -0.492 e. The predicted molar refractivity (Wildman–Crippen MR) is 104 cm³/mol. The monoisotopic (exact) mass is 450 g/mol. The van der Waals surface area contributed by atoms with Crippen molar-refractivity contribution < 1.29 is 31.1 Å². The molecule has 1 amide bonds. The number of anilines is 2. The second-order valence-electron chi connectivity index (χ2n) is 5.79. The van der Waals surface area contributed by atoms with Crippen molar-refractivity contribution in [1.82, 2.24) is 0 Å². The smallest absolute Gasteiger partial charge is 0.416 e. The summed E-state index contributed by atoms with van der Waals surface area (Å²) in [6.07, 6.45) is -4.51. The molecule has 0 aromatic heterocycles. The van der Waals surface area contributed by atoms with E-state index in [1.807, 2.05) is 4.72 Å². The van der Waals surface area contributed by atoms with Gasteiger partial charge in [-0.3, -0.25) is 9.52 Å². The van der Waals surface area contributed by atoms with Crippen LogP contribution in [0, 0.1) is 0 Å². The van der Waals surface area contributed by atoms with Crippen LogP contribution in [0.2, 0.25) is 5.02 Å². The lowest BCUT2D eigenvalue weighted by Crippen LogP contribution is -2.16. The van der Waals surface area contributed by atoms with Gasteiger partial charge in [-0.15, -0.1) is 0 Å². The molecule has 0 aliphatic heterocycles. The van der Waals surface area contributed by atoms with Gasteiger partial charge in [-0.1, -0.05) is 18.5 Å². The maximum Gasteiger partial charge on any atom is 0.416 e. The van der Waals surface area contributed by atoms with Crippen molar-refractivity contribution in [2.45, 2.75) is 31.3 Å². The van der Waals surface area contributed by atoms with Crippen molar-refractivity contribution >= 4 is 38.9 Å². The van der Waals surface area contributed by atoms with Gasteiger partial charge in [-0.05, 0) is 43.3 Å². The summed E-state index contributed by atoms with van der Waals surface area (Å²) in [6.45, 7) is 3.61. The summed E-state index contributed by atoms with van der Waals surface area (Å²) in [5.74, 6) is -0.111. The summed E-state index contributed by atoms with van der Waals surface area (Å²) in [5.41, 5.74) is -1.35. The Morgan fingerprint density at radius 2 is 1.79 bits per heavy atom. The topological polar surface area (TPSA) is 84.5 Å². The Kier molecular flexibility index (Phi) is 7.02. The first-order valence-corrected chi connectivity index (χ1v) is 10.3. The quantitative estimate of drug-likeness (QED) is 0.628. The molecule has 158 valence electrons. The molecule has 0 saturated carbocycles. The second-order valence-corrected chi connectivity index (χ2v) is 7.88. The minimum absolute atomic E-state index is 0.122. The molecule has 0 fully saturated rings. The Hall–Kier alpha value is -2.46. The van der Waals surface area contributed by atoms with Crippen LogP contribution in [0.25, 0.3) is 0 Å². The van der Waals surface area contributed by atoms with E-state index in [4.69, 9.17) is 16.3 Å². The lowest BCUT2D eigenvalue weighted by atomic mass is 10.2. The van der Waals surface area contributed by atoms with Crippen molar-refractivity contribution in [3.63, 3.8) is 0 Å². The van der Waals surface area contributed by atoms with E-state index in [9.17, 15) is 26.4 Å². The van der Waals surface area contributed by atoms with Crippen molar-refractivity contribution in [1.29, 1.82) is 0 Å². The highest BCUT2D eigenvalue weighted by atomic mass is 35.5. The zero-order valence-electron chi connectivity index (χ0n) is 15.4. The third-order valence-corrected chi connectivity index (χ3v) is 5.39. The first-order valence-electron chi connectivity index (χ1n) is 8.44. The van der Waals surface area contributed by atoms with E-state index in [0.29, 0.717) is 6.07 Å². The number of carbonyl (C=O) groups is 1. The standard InChI is InChI=1S/C18H18ClF3N2O4S/c1-3-17(25)23-15-10-12(6-8-16(15)28-4-2)29(26,27)24-14-9-11(18(20,21)22)5-7-13(14)19/h5-10,24H,3-4H2,1-2H3,(H,23,25). The molecule has 0 heterocycles. The third-order valence-electron chi connectivity index (χ3n) is 3.69. The molecule has 0 atom stereocenters. The highest BCUT2D eigenvalue weighted by Gasteiger charge is 2.31. The van der Waals surface area contributed by atoms with Crippen LogP contribution in [-0.2, 0) is 21.0 Å². The van der Waals surface area contributed by atoms with E-state index in [1.54, 1.807) is 13.8 Å². The molecular formula is C18H18ClF3N2O4S. The number of sulfonamides is 1. The van der Waals surface area contributed by atoms with Gasteiger partial charge in [0.2, 0.25) is 5.91 Å². The average molecular weight is 451 g/mol. The van der Waals surface area contributed by atoms with E-state index >= 15 is 0 Å². The van der Waals surface area contributed by atoms with Gasteiger partial charge in [0.15, 0.2) is 0 Å². The van der Waals surface area contributed by atoms with Crippen LogP contribution in [-0.4, -0.2) is 20.9 Å². The van der Waals surface area contributed by atoms with E-state index < -0.39 is 27.5 Å². The van der Waals surface area contributed by atoms with Crippen LogP contribution in [0.15, 0.2) is 41.3 Å². The van der Waals surface area contributed by atoms with E-state index in [0.717, 1.165) is 18.2 Å². The number of hydrogen-bond donors (Lipinski definition) is 2. The van der Waals surface area contributed by atoms with Crippen LogP contribution in [0.5, 0.6) is 5.75 Å². The number of hydrogen-bond acceptors (Lipinski definition) is 4. The Labute approximate surface area is 171 Å². The molecule has 6 nitrogen and oxygen atoms in total. The molecule has 11 heteroatoms. The molecular weight excluding hydrogens is 433 g/mol. The zero-order valence-corrected chi connectivity index (χ0v) is 17.0. The molecule has 0 radical (unpaired) electrons. The van der Waals surface area contributed by atoms with Crippen LogP contribution in [0.4, 0.5) is 24.5 Å². The third kappa shape index (κ3) is 5.77. The number of nitrogens with one attached hydrogen (secondary N) is 2. The number of rotatable bonds is 7. The van der Waals surface area contributed by atoms with Gasteiger partial charge in [0.25, 0.3) is 10.0 Å². The fourth-order valence-electron chi connectivity index (χ4n) is 2.28. The summed E-state index contributed by atoms with van der Waals surface area (Å²) in [6, 6.07) is 6.01.